The molecule has 0 amide bonds. The van der Waals surface area contributed by atoms with Gasteiger partial charge in [0.25, 0.3) is 0 Å². The fraction of sp³-hybridized carbons (Fsp3) is 1.00. The van der Waals surface area contributed by atoms with Gasteiger partial charge in [-0.05, 0) is 34.0 Å². The van der Waals surface area contributed by atoms with Crippen molar-refractivity contribution < 1.29 is 0 Å². The van der Waals surface area contributed by atoms with Crippen LogP contribution in [0.1, 0.15) is 13.3 Å². The lowest BCUT2D eigenvalue weighted by Gasteiger charge is -2.05. The normalized spacial score (nSPS) is 9.82. The average molecular weight is 175 g/mol. The van der Waals surface area contributed by atoms with Crippen molar-refractivity contribution in [1.29, 1.82) is 0 Å². The molecular formula is C7H17N3S. The molecule has 0 spiro atoms. The van der Waals surface area contributed by atoms with Gasteiger partial charge in [-0.2, -0.15) is 0 Å². The predicted octanol–water partition coefficient (Wildman–Crippen LogP) is 1.41. The third-order valence-electron chi connectivity index (χ3n) is 1.10. The van der Waals surface area contributed by atoms with Crippen molar-refractivity contribution in [3.05, 3.63) is 0 Å². The van der Waals surface area contributed by atoms with E-state index in [2.05, 4.69) is 27.7 Å². The lowest BCUT2D eigenvalue weighted by Crippen LogP contribution is -2.13. The second kappa shape index (κ2) is 7.88. The molecule has 11 heavy (non-hydrogen) atoms. The molecule has 0 heterocycles. The zero-order valence-electron chi connectivity index (χ0n) is 7.58. The van der Waals surface area contributed by atoms with Crippen LogP contribution in [-0.2, 0) is 11.4 Å². The summed E-state index contributed by atoms with van der Waals surface area (Å²) in [7, 11) is 4.15. The first-order valence-electron chi connectivity index (χ1n) is 3.92. The molecular weight excluding hydrogens is 158 g/mol. The number of rotatable bonds is 5. The molecule has 0 bridgehead atoms. The molecule has 0 saturated carbocycles. The number of nitrogens with zero attached hydrogens (tertiary/aromatic N) is 3. The Morgan fingerprint density at radius 2 is 2.00 bits per heavy atom. The van der Waals surface area contributed by atoms with E-state index in [1.807, 2.05) is 6.92 Å². The van der Waals surface area contributed by atoms with Gasteiger partial charge in [0.15, 0.2) is 0 Å². The van der Waals surface area contributed by atoms with E-state index >= 15 is 0 Å². The summed E-state index contributed by atoms with van der Waals surface area (Å²) in [5.74, 6) is 0. The second-order valence-corrected chi connectivity index (χ2v) is 3.22. The Kier molecular flexibility index (Phi) is 7.72. The zero-order valence-corrected chi connectivity index (χ0v) is 8.39. The Labute approximate surface area is 72.7 Å². The molecule has 0 unspecified atom stereocenters. The zero-order chi connectivity index (χ0) is 8.53. The standard InChI is InChI=1S/C7H17N3S/c1-4-8-11-9-6-5-7-10(2)3/h4-7H2,1-3H3. The molecule has 0 saturated heterocycles. The molecule has 4 heteroatoms. The minimum Gasteiger partial charge on any atom is -0.309 e. The molecule has 0 fully saturated rings. The van der Waals surface area contributed by atoms with Gasteiger partial charge < -0.3 is 4.90 Å². The molecule has 0 aliphatic rings. The number of hydrogen-bond acceptors (Lipinski definition) is 3. The van der Waals surface area contributed by atoms with Gasteiger partial charge in [-0.25, -0.2) is 8.73 Å². The first-order chi connectivity index (χ1) is 5.27. The fourth-order valence-electron chi connectivity index (χ4n) is 0.591. The molecule has 0 aromatic rings. The lowest BCUT2D eigenvalue weighted by molar-refractivity contribution is 0.403. The summed E-state index contributed by atoms with van der Waals surface area (Å²) in [6.07, 6.45) is 1.12. The van der Waals surface area contributed by atoms with Gasteiger partial charge in [-0.1, -0.05) is 0 Å². The largest absolute Gasteiger partial charge is 0.309 e. The minimum absolute atomic E-state index is 0.849. The van der Waals surface area contributed by atoms with E-state index in [4.69, 9.17) is 0 Å². The SMILES string of the molecule is CCN=S=NCCCN(C)C. The van der Waals surface area contributed by atoms with Crippen LogP contribution in [0, 0.1) is 0 Å². The molecule has 0 aliphatic carbocycles. The molecule has 0 rings (SSSR count). The quantitative estimate of drug-likeness (QED) is 0.581. The molecule has 0 aromatic carbocycles. The summed E-state index contributed by atoms with van der Waals surface area (Å²) in [4.78, 5) is 2.16. The summed E-state index contributed by atoms with van der Waals surface area (Å²) in [6.45, 7) is 4.88. The van der Waals surface area contributed by atoms with Gasteiger partial charge >= 0.3 is 0 Å². The van der Waals surface area contributed by atoms with Crippen molar-refractivity contribution in [1.82, 2.24) is 4.90 Å². The van der Waals surface area contributed by atoms with Crippen LogP contribution in [0.25, 0.3) is 0 Å². The molecule has 0 aromatic heterocycles. The maximum atomic E-state index is 4.16. The van der Waals surface area contributed by atoms with Crippen LogP contribution in [-0.4, -0.2) is 38.6 Å². The van der Waals surface area contributed by atoms with Gasteiger partial charge in [0.2, 0.25) is 0 Å². The Morgan fingerprint density at radius 1 is 1.27 bits per heavy atom. The molecule has 0 N–H and O–H groups in total. The third kappa shape index (κ3) is 9.78. The van der Waals surface area contributed by atoms with Crippen LogP contribution in [0.2, 0.25) is 0 Å². The highest BCUT2D eigenvalue weighted by Gasteiger charge is 1.86. The molecule has 0 aliphatic heterocycles. The van der Waals surface area contributed by atoms with Crippen molar-refractivity contribution in [2.24, 2.45) is 8.73 Å². The van der Waals surface area contributed by atoms with Gasteiger partial charge in [0.05, 0.1) is 17.9 Å². The van der Waals surface area contributed by atoms with Crippen LogP contribution in [0.3, 0.4) is 0 Å². The highest BCUT2D eigenvalue weighted by molar-refractivity contribution is 7.57. The van der Waals surface area contributed by atoms with E-state index in [-0.39, 0.29) is 0 Å². The van der Waals surface area contributed by atoms with Crippen molar-refractivity contribution in [2.45, 2.75) is 13.3 Å². The highest BCUT2D eigenvalue weighted by Crippen LogP contribution is 1.83. The Balaban J connectivity index is 3.20. The van der Waals surface area contributed by atoms with Crippen LogP contribution in [0.5, 0.6) is 0 Å². The van der Waals surface area contributed by atoms with Crippen LogP contribution in [0.4, 0.5) is 0 Å². The van der Waals surface area contributed by atoms with Crippen molar-refractivity contribution >= 4 is 11.4 Å². The van der Waals surface area contributed by atoms with E-state index < -0.39 is 0 Å². The Hall–Kier alpha value is -0.220. The van der Waals surface area contributed by atoms with Gasteiger partial charge in [-0.15, -0.1) is 0 Å². The van der Waals surface area contributed by atoms with E-state index in [9.17, 15) is 0 Å². The molecule has 66 valence electrons. The summed E-state index contributed by atoms with van der Waals surface area (Å²) < 4.78 is 8.18. The summed E-state index contributed by atoms with van der Waals surface area (Å²) >= 11 is 1.34. The van der Waals surface area contributed by atoms with Crippen LogP contribution >= 0.6 is 0 Å². The predicted molar refractivity (Wildman–Crippen MR) is 50.8 cm³/mol. The lowest BCUT2D eigenvalue weighted by atomic mass is 10.4. The topological polar surface area (TPSA) is 28.0 Å². The van der Waals surface area contributed by atoms with E-state index in [1.54, 1.807) is 0 Å². The average Bonchev–Trinajstić information content (AvgIpc) is 1.96. The summed E-state index contributed by atoms with van der Waals surface area (Å²) in [5, 5.41) is 0. The third-order valence-corrected chi connectivity index (χ3v) is 1.77. The first kappa shape index (κ1) is 10.8. The second-order valence-electron chi connectivity index (χ2n) is 2.54. The summed E-state index contributed by atoms with van der Waals surface area (Å²) in [5.41, 5.74) is 0. The Morgan fingerprint density at radius 3 is 2.55 bits per heavy atom. The minimum atomic E-state index is 0.849. The molecule has 0 atom stereocenters. The van der Waals surface area contributed by atoms with Gasteiger partial charge in [0, 0.05) is 6.54 Å². The monoisotopic (exact) mass is 175 g/mol. The van der Waals surface area contributed by atoms with Crippen LogP contribution < -0.4 is 0 Å². The molecule has 3 nitrogen and oxygen atoms in total. The highest BCUT2D eigenvalue weighted by atomic mass is 32.1. The van der Waals surface area contributed by atoms with Crippen molar-refractivity contribution in [2.75, 3.05) is 33.7 Å². The first-order valence-corrected chi connectivity index (χ1v) is 4.65. The maximum Gasteiger partial charge on any atom is 0.0577 e. The smallest absolute Gasteiger partial charge is 0.0577 e. The van der Waals surface area contributed by atoms with Gasteiger partial charge in [-0.3, -0.25) is 0 Å². The van der Waals surface area contributed by atoms with Crippen molar-refractivity contribution in [3.63, 3.8) is 0 Å². The van der Waals surface area contributed by atoms with Crippen molar-refractivity contribution in [3.8, 4) is 0 Å². The Bertz CT molecular complexity index is 139. The summed E-state index contributed by atoms with van der Waals surface area (Å²) in [6, 6.07) is 0. The van der Waals surface area contributed by atoms with E-state index in [1.165, 1.54) is 11.4 Å². The van der Waals surface area contributed by atoms with E-state index in [0.29, 0.717) is 0 Å². The molecule has 0 radical (unpaired) electrons. The fourth-order valence-corrected chi connectivity index (χ4v) is 0.999. The number of hydrogen-bond donors (Lipinski definition) is 0. The van der Waals surface area contributed by atoms with Crippen LogP contribution in [0.15, 0.2) is 8.73 Å². The van der Waals surface area contributed by atoms with E-state index in [0.717, 1.165) is 26.1 Å². The van der Waals surface area contributed by atoms with Gasteiger partial charge in [0.1, 0.15) is 0 Å². The maximum absolute atomic E-state index is 4.16.